The molecule has 2 aromatic carbocycles. The number of benzene rings is 2. The van der Waals surface area contributed by atoms with Crippen LogP contribution in [0.5, 0.6) is 0 Å². The smallest absolute Gasteiger partial charge is 0.0152 e. The molecule has 2 rings (SSSR count). The lowest BCUT2D eigenvalue weighted by Crippen LogP contribution is -1.91. The minimum atomic E-state index is 0. The average molecular weight is 357 g/mol. The fourth-order valence-corrected chi connectivity index (χ4v) is 3.44. The van der Waals surface area contributed by atoms with Crippen LogP contribution in [-0.2, 0) is 6.42 Å². The molecule has 0 nitrogen and oxygen atoms in total. The second kappa shape index (κ2) is 14.0. The zero-order valence-electron chi connectivity index (χ0n) is 16.0. The van der Waals surface area contributed by atoms with Crippen LogP contribution in [0.25, 0.3) is 11.1 Å². The summed E-state index contributed by atoms with van der Waals surface area (Å²) < 4.78 is 0. The second-order valence-corrected chi connectivity index (χ2v) is 6.96. The van der Waals surface area contributed by atoms with Gasteiger partial charge in [-0.15, -0.1) is 0 Å². The van der Waals surface area contributed by atoms with Gasteiger partial charge in [0.2, 0.25) is 0 Å². The van der Waals surface area contributed by atoms with Crippen molar-refractivity contribution in [3.05, 3.63) is 60.2 Å². The maximum atomic E-state index is 2.30. The zero-order chi connectivity index (χ0) is 16.9. The highest BCUT2D eigenvalue weighted by Crippen LogP contribution is 2.25. The first-order valence-electron chi connectivity index (χ1n) is 10.0. The maximum Gasteiger partial charge on any atom is -0.0152 e. The number of rotatable bonds is 12. The Morgan fingerprint density at radius 2 is 1.08 bits per heavy atom. The Morgan fingerprint density at radius 1 is 0.560 bits per heavy atom. The van der Waals surface area contributed by atoms with Crippen LogP contribution in [-0.4, -0.2) is 0 Å². The van der Waals surface area contributed by atoms with E-state index in [1.807, 2.05) is 0 Å². The molecular weight excluding hydrogens is 320 g/mol. The van der Waals surface area contributed by atoms with Crippen LogP contribution in [0.4, 0.5) is 0 Å². The van der Waals surface area contributed by atoms with Gasteiger partial charge in [-0.25, -0.2) is 0 Å². The van der Waals surface area contributed by atoms with Crippen LogP contribution < -0.4 is 0 Å². The van der Waals surface area contributed by atoms with Crippen LogP contribution in [0, 0.1) is 0 Å². The Bertz CT molecular complexity index is 547. The SMILES string of the molecule is CCCCCCCCCCCCc1ccccc1-c1ccccc1.S. The molecule has 25 heavy (non-hydrogen) atoms. The molecule has 0 unspecified atom stereocenters. The average Bonchev–Trinajstić information content (AvgIpc) is 2.64. The third kappa shape index (κ3) is 8.63. The fraction of sp³-hybridized carbons (Fsp3) is 0.500. The molecular formula is C24H36S. The zero-order valence-corrected chi connectivity index (χ0v) is 17.0. The first-order valence-corrected chi connectivity index (χ1v) is 10.0. The fourth-order valence-electron chi connectivity index (χ4n) is 3.44. The van der Waals surface area contributed by atoms with Crippen LogP contribution >= 0.6 is 13.5 Å². The lowest BCUT2D eigenvalue weighted by atomic mass is 9.95. The molecule has 0 aliphatic heterocycles. The molecule has 0 bridgehead atoms. The van der Waals surface area contributed by atoms with Crippen LogP contribution in [0.1, 0.15) is 76.7 Å². The van der Waals surface area contributed by atoms with E-state index in [0.29, 0.717) is 0 Å². The predicted octanol–water partition coefficient (Wildman–Crippen LogP) is 7.93. The predicted molar refractivity (Wildman–Crippen MR) is 118 cm³/mol. The summed E-state index contributed by atoms with van der Waals surface area (Å²) in [6, 6.07) is 19.7. The molecule has 0 saturated heterocycles. The molecule has 0 aromatic heterocycles. The van der Waals surface area contributed by atoms with E-state index in [4.69, 9.17) is 0 Å². The van der Waals surface area contributed by atoms with Crippen LogP contribution in [0.3, 0.4) is 0 Å². The van der Waals surface area contributed by atoms with Gasteiger partial charge in [0.1, 0.15) is 0 Å². The summed E-state index contributed by atoms with van der Waals surface area (Å²) in [6.45, 7) is 2.29. The van der Waals surface area contributed by atoms with E-state index >= 15 is 0 Å². The molecule has 0 heterocycles. The van der Waals surface area contributed by atoms with Gasteiger partial charge in [-0.2, -0.15) is 13.5 Å². The van der Waals surface area contributed by atoms with E-state index in [1.54, 1.807) is 0 Å². The molecule has 0 atom stereocenters. The molecule has 0 aliphatic carbocycles. The monoisotopic (exact) mass is 356 g/mol. The van der Waals surface area contributed by atoms with Crippen molar-refractivity contribution in [1.82, 2.24) is 0 Å². The van der Waals surface area contributed by atoms with Gasteiger partial charge in [-0.05, 0) is 29.5 Å². The van der Waals surface area contributed by atoms with E-state index in [-0.39, 0.29) is 13.5 Å². The molecule has 0 N–H and O–H groups in total. The van der Waals surface area contributed by atoms with Crippen LogP contribution in [0.15, 0.2) is 54.6 Å². The molecule has 0 fully saturated rings. The molecule has 2 aromatic rings. The number of aryl methyl sites for hydroxylation is 1. The normalized spacial score (nSPS) is 10.4. The van der Waals surface area contributed by atoms with Gasteiger partial charge >= 0.3 is 0 Å². The van der Waals surface area contributed by atoms with Gasteiger partial charge in [0.25, 0.3) is 0 Å². The molecule has 0 aliphatic rings. The maximum absolute atomic E-state index is 2.30. The first-order chi connectivity index (χ1) is 11.9. The topological polar surface area (TPSA) is 0 Å². The Hall–Kier alpha value is -1.21. The van der Waals surface area contributed by atoms with E-state index < -0.39 is 0 Å². The lowest BCUT2D eigenvalue weighted by Gasteiger charge is -2.09. The van der Waals surface area contributed by atoms with E-state index in [9.17, 15) is 0 Å². The number of unbranched alkanes of at least 4 members (excludes halogenated alkanes) is 9. The third-order valence-electron chi connectivity index (χ3n) is 4.90. The Morgan fingerprint density at radius 3 is 1.72 bits per heavy atom. The summed E-state index contributed by atoms with van der Waals surface area (Å²) in [6.07, 6.45) is 15.3. The largest absolute Gasteiger partial charge is 0.197 e. The molecule has 0 amide bonds. The summed E-state index contributed by atoms with van der Waals surface area (Å²) >= 11 is 0. The van der Waals surface area contributed by atoms with Gasteiger partial charge < -0.3 is 0 Å². The van der Waals surface area contributed by atoms with Crippen molar-refractivity contribution in [2.75, 3.05) is 0 Å². The van der Waals surface area contributed by atoms with Gasteiger partial charge in [-0.3, -0.25) is 0 Å². The van der Waals surface area contributed by atoms with Gasteiger partial charge in [0.05, 0.1) is 0 Å². The molecule has 1 heteroatoms. The van der Waals surface area contributed by atoms with Gasteiger partial charge in [0, 0.05) is 0 Å². The highest BCUT2D eigenvalue weighted by atomic mass is 32.1. The highest BCUT2D eigenvalue weighted by molar-refractivity contribution is 7.59. The van der Waals surface area contributed by atoms with E-state index in [2.05, 4.69) is 61.5 Å². The molecule has 0 spiro atoms. The molecule has 138 valence electrons. The Kier molecular flexibility index (Phi) is 12.2. The quantitative estimate of drug-likeness (QED) is 0.339. The third-order valence-corrected chi connectivity index (χ3v) is 4.90. The highest BCUT2D eigenvalue weighted by Gasteiger charge is 2.03. The summed E-state index contributed by atoms with van der Waals surface area (Å²) in [5.41, 5.74) is 4.26. The van der Waals surface area contributed by atoms with Crippen molar-refractivity contribution in [1.29, 1.82) is 0 Å². The number of hydrogen-bond donors (Lipinski definition) is 0. The van der Waals surface area contributed by atoms with Crippen LogP contribution in [0.2, 0.25) is 0 Å². The summed E-state index contributed by atoms with van der Waals surface area (Å²) in [5.74, 6) is 0. The van der Waals surface area contributed by atoms with Gasteiger partial charge in [0.15, 0.2) is 0 Å². The Balaban J connectivity index is 0.00000312. The second-order valence-electron chi connectivity index (χ2n) is 6.96. The van der Waals surface area contributed by atoms with Crippen molar-refractivity contribution in [3.8, 4) is 11.1 Å². The summed E-state index contributed by atoms with van der Waals surface area (Å²) in [5, 5.41) is 0. The Labute approximate surface area is 162 Å². The van der Waals surface area contributed by atoms with Crippen molar-refractivity contribution >= 4 is 13.5 Å². The minimum absolute atomic E-state index is 0. The standard InChI is InChI=1S/C24H34.H2S/c1-2-3-4-5-6-7-8-9-10-12-17-23-20-15-16-21-24(23)22-18-13-11-14-19-22;/h11,13-16,18-21H,2-10,12,17H2,1H3;1H2. The lowest BCUT2D eigenvalue weighted by molar-refractivity contribution is 0.556. The van der Waals surface area contributed by atoms with E-state index in [0.717, 1.165) is 0 Å². The molecule has 0 saturated carbocycles. The number of hydrogen-bond acceptors (Lipinski definition) is 0. The van der Waals surface area contributed by atoms with Crippen molar-refractivity contribution in [3.63, 3.8) is 0 Å². The molecule has 0 radical (unpaired) electrons. The minimum Gasteiger partial charge on any atom is -0.197 e. The van der Waals surface area contributed by atoms with Crippen molar-refractivity contribution in [2.45, 2.75) is 77.6 Å². The summed E-state index contributed by atoms with van der Waals surface area (Å²) in [7, 11) is 0. The van der Waals surface area contributed by atoms with Gasteiger partial charge in [-0.1, -0.05) is 119 Å². The van der Waals surface area contributed by atoms with Crippen molar-refractivity contribution in [2.24, 2.45) is 0 Å². The first kappa shape index (κ1) is 21.8. The van der Waals surface area contributed by atoms with E-state index in [1.165, 1.54) is 87.3 Å². The summed E-state index contributed by atoms with van der Waals surface area (Å²) in [4.78, 5) is 0. The van der Waals surface area contributed by atoms with Crippen molar-refractivity contribution < 1.29 is 0 Å².